The van der Waals surface area contributed by atoms with Crippen LogP contribution in [0.4, 0.5) is 0 Å². The van der Waals surface area contributed by atoms with E-state index in [0.717, 1.165) is 9.63 Å². The molecule has 0 bridgehead atoms. The summed E-state index contributed by atoms with van der Waals surface area (Å²) in [7, 11) is 0. The molecule has 0 N–H and O–H groups in total. The van der Waals surface area contributed by atoms with Crippen LogP contribution in [0.5, 0.6) is 0 Å². The standard InChI is InChI=1S/C12H18Se2/c1-9(2)13-11-6-5-7-12(8-11)14-10(3)4/h5-10H,1-4H3. The Kier molecular flexibility index (Phi) is 5.26. The van der Waals surface area contributed by atoms with Crippen molar-refractivity contribution in [3.8, 4) is 0 Å². The molecule has 0 heterocycles. The van der Waals surface area contributed by atoms with E-state index in [4.69, 9.17) is 0 Å². The molecular weight excluding hydrogens is 302 g/mol. The summed E-state index contributed by atoms with van der Waals surface area (Å²) >= 11 is 1.31. The van der Waals surface area contributed by atoms with Gasteiger partial charge in [0.1, 0.15) is 0 Å². The molecule has 0 aliphatic rings. The van der Waals surface area contributed by atoms with Gasteiger partial charge in [0.15, 0.2) is 0 Å². The first-order valence-corrected chi connectivity index (χ1v) is 8.70. The third kappa shape index (κ3) is 4.66. The molecule has 0 saturated carbocycles. The minimum absolute atomic E-state index is 0.656. The number of hydrogen-bond donors (Lipinski definition) is 0. The predicted molar refractivity (Wildman–Crippen MR) is 67.4 cm³/mol. The second kappa shape index (κ2) is 5.98. The maximum absolute atomic E-state index is 2.42. The van der Waals surface area contributed by atoms with E-state index in [1.807, 2.05) is 0 Å². The van der Waals surface area contributed by atoms with Gasteiger partial charge in [-0.3, -0.25) is 0 Å². The van der Waals surface area contributed by atoms with Gasteiger partial charge < -0.3 is 0 Å². The van der Waals surface area contributed by atoms with E-state index in [0.29, 0.717) is 29.9 Å². The van der Waals surface area contributed by atoms with Crippen LogP contribution in [0.2, 0.25) is 9.63 Å². The number of rotatable bonds is 4. The molecule has 78 valence electrons. The van der Waals surface area contributed by atoms with Crippen molar-refractivity contribution in [1.82, 2.24) is 0 Å². The Morgan fingerprint density at radius 1 is 0.857 bits per heavy atom. The molecule has 0 aliphatic carbocycles. The summed E-state index contributed by atoms with van der Waals surface area (Å²) in [5, 5.41) is 0. The van der Waals surface area contributed by atoms with Crippen molar-refractivity contribution in [1.29, 1.82) is 0 Å². The Morgan fingerprint density at radius 3 is 1.64 bits per heavy atom. The van der Waals surface area contributed by atoms with Gasteiger partial charge in [0.2, 0.25) is 0 Å². The summed E-state index contributed by atoms with van der Waals surface area (Å²) in [6, 6.07) is 9.19. The fraction of sp³-hybridized carbons (Fsp3) is 0.500. The molecule has 0 amide bonds. The second-order valence-corrected chi connectivity index (χ2v) is 10.7. The molecule has 1 aromatic carbocycles. The third-order valence-corrected chi connectivity index (χ3v) is 5.73. The Morgan fingerprint density at radius 2 is 1.29 bits per heavy atom. The van der Waals surface area contributed by atoms with Gasteiger partial charge in [-0.05, 0) is 0 Å². The zero-order valence-electron chi connectivity index (χ0n) is 9.28. The molecule has 0 unspecified atom stereocenters. The van der Waals surface area contributed by atoms with Crippen molar-refractivity contribution in [3.63, 3.8) is 0 Å². The molecule has 0 aliphatic heterocycles. The van der Waals surface area contributed by atoms with Gasteiger partial charge in [-0.2, -0.15) is 0 Å². The fourth-order valence-corrected chi connectivity index (χ4v) is 5.31. The predicted octanol–water partition coefficient (Wildman–Crippen LogP) is 2.00. The van der Waals surface area contributed by atoms with E-state index in [-0.39, 0.29) is 0 Å². The van der Waals surface area contributed by atoms with Crippen LogP contribution in [0.1, 0.15) is 27.7 Å². The van der Waals surface area contributed by atoms with Gasteiger partial charge in [-0.15, -0.1) is 0 Å². The average molecular weight is 320 g/mol. The zero-order valence-corrected chi connectivity index (χ0v) is 12.7. The van der Waals surface area contributed by atoms with Crippen molar-refractivity contribution in [2.45, 2.75) is 37.3 Å². The van der Waals surface area contributed by atoms with Crippen molar-refractivity contribution in [2.24, 2.45) is 0 Å². The normalized spacial score (nSPS) is 11.3. The molecule has 1 rings (SSSR count). The molecule has 0 spiro atoms. The van der Waals surface area contributed by atoms with Crippen molar-refractivity contribution < 1.29 is 0 Å². The Bertz CT molecular complexity index is 254. The zero-order chi connectivity index (χ0) is 10.6. The van der Waals surface area contributed by atoms with Gasteiger partial charge in [0.05, 0.1) is 0 Å². The van der Waals surface area contributed by atoms with E-state index in [9.17, 15) is 0 Å². The first-order chi connectivity index (χ1) is 6.58. The molecule has 1 aromatic rings. The fourth-order valence-electron chi connectivity index (χ4n) is 1.17. The van der Waals surface area contributed by atoms with Crippen molar-refractivity contribution in [2.75, 3.05) is 0 Å². The number of hydrogen-bond acceptors (Lipinski definition) is 0. The van der Waals surface area contributed by atoms with Gasteiger partial charge in [-0.25, -0.2) is 0 Å². The van der Waals surface area contributed by atoms with E-state index in [1.165, 1.54) is 0 Å². The van der Waals surface area contributed by atoms with Crippen LogP contribution in [-0.4, -0.2) is 29.9 Å². The van der Waals surface area contributed by atoms with Gasteiger partial charge in [-0.1, -0.05) is 0 Å². The van der Waals surface area contributed by atoms with E-state index >= 15 is 0 Å². The summed E-state index contributed by atoms with van der Waals surface area (Å²) in [4.78, 5) is 1.65. The van der Waals surface area contributed by atoms with Gasteiger partial charge in [0, 0.05) is 0 Å². The van der Waals surface area contributed by atoms with Crippen LogP contribution >= 0.6 is 0 Å². The molecule has 2 heteroatoms. The SMILES string of the molecule is CC(C)[Se]c1cccc([Se]C(C)C)c1. The molecule has 0 nitrogen and oxygen atoms in total. The topological polar surface area (TPSA) is 0 Å². The second-order valence-electron chi connectivity index (χ2n) is 3.81. The van der Waals surface area contributed by atoms with Gasteiger partial charge in [0.25, 0.3) is 0 Å². The first-order valence-electron chi connectivity index (χ1n) is 5.01. The van der Waals surface area contributed by atoms with Crippen LogP contribution < -0.4 is 8.92 Å². The molecule has 0 fully saturated rings. The first kappa shape index (κ1) is 12.3. The molecule has 0 aromatic heterocycles. The summed E-state index contributed by atoms with van der Waals surface area (Å²) < 4.78 is 3.13. The van der Waals surface area contributed by atoms with Crippen LogP contribution in [0.15, 0.2) is 24.3 Å². The number of benzene rings is 1. The molecule has 0 radical (unpaired) electrons. The Balaban J connectivity index is 2.68. The van der Waals surface area contributed by atoms with E-state index in [2.05, 4.69) is 52.0 Å². The van der Waals surface area contributed by atoms with Crippen LogP contribution in [0.25, 0.3) is 0 Å². The summed E-state index contributed by atoms with van der Waals surface area (Å²) in [5.74, 6) is 0. The molecule has 0 atom stereocenters. The van der Waals surface area contributed by atoms with Crippen molar-refractivity contribution in [3.05, 3.63) is 24.3 Å². The van der Waals surface area contributed by atoms with Crippen LogP contribution in [-0.2, 0) is 0 Å². The summed E-state index contributed by atoms with van der Waals surface area (Å²) in [6.45, 7) is 9.22. The van der Waals surface area contributed by atoms with Crippen LogP contribution in [0, 0.1) is 0 Å². The molecular formula is C12H18Se2. The summed E-state index contributed by atoms with van der Waals surface area (Å²) in [6.07, 6.45) is 0. The summed E-state index contributed by atoms with van der Waals surface area (Å²) in [5.41, 5.74) is 0. The van der Waals surface area contributed by atoms with E-state index < -0.39 is 0 Å². The van der Waals surface area contributed by atoms with Gasteiger partial charge >= 0.3 is 100 Å². The molecule has 14 heavy (non-hydrogen) atoms. The van der Waals surface area contributed by atoms with Crippen LogP contribution in [0.3, 0.4) is 0 Å². The Labute approximate surface area is 100 Å². The van der Waals surface area contributed by atoms with E-state index in [1.54, 1.807) is 8.92 Å². The quantitative estimate of drug-likeness (QED) is 0.745. The average Bonchev–Trinajstić information content (AvgIpc) is 2.01. The van der Waals surface area contributed by atoms with Crippen molar-refractivity contribution >= 4 is 38.8 Å². The monoisotopic (exact) mass is 322 g/mol. The minimum atomic E-state index is 0.656. The third-order valence-electron chi connectivity index (χ3n) is 1.55. The molecule has 0 saturated heterocycles. The maximum atomic E-state index is 2.42. The Hall–Kier alpha value is 0.259.